The third-order valence-corrected chi connectivity index (χ3v) is 1.49. The van der Waals surface area contributed by atoms with Crippen LogP contribution in [0.1, 0.15) is 20.7 Å². The standard InChI is InChI=1S/C7H8N4O2/c8-5-4(7(10)13)3(6(9)12)1-2-11-5/h1-2H,(H2,8,11)(H2,9,12)(H2,10,13). The van der Waals surface area contributed by atoms with Crippen LogP contribution in [0.15, 0.2) is 12.3 Å². The highest BCUT2D eigenvalue weighted by Gasteiger charge is 2.16. The van der Waals surface area contributed by atoms with Gasteiger partial charge in [0.2, 0.25) is 5.91 Å². The molecule has 0 saturated heterocycles. The third kappa shape index (κ3) is 1.56. The maximum Gasteiger partial charge on any atom is 0.253 e. The molecular weight excluding hydrogens is 172 g/mol. The van der Waals surface area contributed by atoms with Gasteiger partial charge in [0.05, 0.1) is 11.1 Å². The number of hydrogen-bond donors (Lipinski definition) is 3. The Labute approximate surface area is 73.7 Å². The molecular formula is C7H8N4O2. The zero-order valence-corrected chi connectivity index (χ0v) is 6.65. The number of primary amides is 2. The predicted octanol–water partition coefficient (Wildman–Crippen LogP) is -1.14. The summed E-state index contributed by atoms with van der Waals surface area (Å²) in [6.07, 6.45) is 1.28. The van der Waals surface area contributed by atoms with Crippen molar-refractivity contribution in [3.05, 3.63) is 23.4 Å². The van der Waals surface area contributed by atoms with Crippen molar-refractivity contribution in [2.24, 2.45) is 11.5 Å². The lowest BCUT2D eigenvalue weighted by Crippen LogP contribution is -2.22. The van der Waals surface area contributed by atoms with Crippen molar-refractivity contribution in [1.29, 1.82) is 0 Å². The van der Waals surface area contributed by atoms with Crippen molar-refractivity contribution >= 4 is 17.6 Å². The lowest BCUT2D eigenvalue weighted by molar-refractivity contribution is 0.0967. The second kappa shape index (κ2) is 3.10. The van der Waals surface area contributed by atoms with Crippen LogP contribution in [0.5, 0.6) is 0 Å². The van der Waals surface area contributed by atoms with E-state index >= 15 is 0 Å². The molecule has 1 rings (SSSR count). The van der Waals surface area contributed by atoms with Crippen LogP contribution in [0.25, 0.3) is 0 Å². The molecule has 0 spiro atoms. The molecule has 6 heteroatoms. The minimum atomic E-state index is -0.820. The highest BCUT2D eigenvalue weighted by molar-refractivity contribution is 6.08. The van der Waals surface area contributed by atoms with Crippen LogP contribution in [0.2, 0.25) is 0 Å². The first-order valence-electron chi connectivity index (χ1n) is 3.38. The van der Waals surface area contributed by atoms with Gasteiger partial charge in [-0.3, -0.25) is 9.59 Å². The maximum absolute atomic E-state index is 10.8. The molecule has 68 valence electrons. The normalized spacial score (nSPS) is 9.54. The van der Waals surface area contributed by atoms with Crippen molar-refractivity contribution in [3.8, 4) is 0 Å². The number of anilines is 1. The molecule has 0 fully saturated rings. The van der Waals surface area contributed by atoms with Gasteiger partial charge in [-0.1, -0.05) is 0 Å². The topological polar surface area (TPSA) is 125 Å². The number of aromatic nitrogens is 1. The SMILES string of the molecule is NC(=O)c1ccnc(N)c1C(N)=O. The van der Waals surface area contributed by atoms with Crippen molar-refractivity contribution in [2.75, 3.05) is 5.73 Å². The summed E-state index contributed by atoms with van der Waals surface area (Å²) in [4.78, 5) is 25.3. The average Bonchev–Trinajstić information content (AvgIpc) is 2.02. The number of rotatable bonds is 2. The first kappa shape index (κ1) is 8.98. The van der Waals surface area contributed by atoms with Gasteiger partial charge in [-0.25, -0.2) is 4.98 Å². The molecule has 0 atom stereocenters. The molecule has 13 heavy (non-hydrogen) atoms. The van der Waals surface area contributed by atoms with Gasteiger partial charge in [0.15, 0.2) is 0 Å². The Kier molecular flexibility index (Phi) is 2.14. The van der Waals surface area contributed by atoms with E-state index in [2.05, 4.69) is 4.98 Å². The van der Waals surface area contributed by atoms with Crippen LogP contribution in [-0.2, 0) is 0 Å². The first-order valence-corrected chi connectivity index (χ1v) is 3.38. The summed E-state index contributed by atoms with van der Waals surface area (Å²) in [5.41, 5.74) is 15.2. The number of carbonyl (C=O) groups is 2. The largest absolute Gasteiger partial charge is 0.383 e. The average molecular weight is 180 g/mol. The smallest absolute Gasteiger partial charge is 0.253 e. The van der Waals surface area contributed by atoms with Gasteiger partial charge < -0.3 is 17.2 Å². The van der Waals surface area contributed by atoms with E-state index in [9.17, 15) is 9.59 Å². The number of nitrogens with zero attached hydrogens (tertiary/aromatic N) is 1. The van der Waals surface area contributed by atoms with Gasteiger partial charge >= 0.3 is 0 Å². The van der Waals surface area contributed by atoms with Crippen LogP contribution >= 0.6 is 0 Å². The second-order valence-corrected chi connectivity index (χ2v) is 2.35. The monoisotopic (exact) mass is 180 g/mol. The van der Waals surface area contributed by atoms with Crippen molar-refractivity contribution in [3.63, 3.8) is 0 Å². The van der Waals surface area contributed by atoms with Crippen LogP contribution in [0, 0.1) is 0 Å². The maximum atomic E-state index is 10.8. The van der Waals surface area contributed by atoms with Gasteiger partial charge in [0, 0.05) is 6.20 Å². The van der Waals surface area contributed by atoms with E-state index in [0.29, 0.717) is 0 Å². The summed E-state index contributed by atoms with van der Waals surface area (Å²) in [6, 6.07) is 1.29. The van der Waals surface area contributed by atoms with Crippen molar-refractivity contribution in [1.82, 2.24) is 4.98 Å². The quantitative estimate of drug-likeness (QED) is 0.531. The Hall–Kier alpha value is -2.11. The van der Waals surface area contributed by atoms with Crippen LogP contribution in [-0.4, -0.2) is 16.8 Å². The Bertz CT molecular complexity index is 375. The summed E-state index contributed by atoms with van der Waals surface area (Å²) < 4.78 is 0. The molecule has 1 aromatic rings. The molecule has 0 saturated carbocycles. The van der Waals surface area contributed by atoms with Crippen LogP contribution in [0.4, 0.5) is 5.82 Å². The summed E-state index contributed by atoms with van der Waals surface area (Å²) in [6.45, 7) is 0. The Morgan fingerprint density at radius 2 is 1.85 bits per heavy atom. The van der Waals surface area contributed by atoms with Gasteiger partial charge in [0.1, 0.15) is 5.82 Å². The molecule has 0 aromatic carbocycles. The zero-order valence-electron chi connectivity index (χ0n) is 6.65. The molecule has 6 nitrogen and oxygen atoms in total. The molecule has 0 aliphatic rings. The van der Waals surface area contributed by atoms with E-state index in [-0.39, 0.29) is 16.9 Å². The molecule has 1 aromatic heterocycles. The summed E-state index contributed by atoms with van der Waals surface area (Å²) in [5.74, 6) is -1.67. The fourth-order valence-corrected chi connectivity index (χ4v) is 0.942. The molecule has 0 aliphatic heterocycles. The molecule has 2 amide bonds. The summed E-state index contributed by atoms with van der Waals surface area (Å²) >= 11 is 0. The summed E-state index contributed by atoms with van der Waals surface area (Å²) in [7, 11) is 0. The number of hydrogen-bond acceptors (Lipinski definition) is 4. The number of nitrogens with two attached hydrogens (primary N) is 3. The number of nitrogen functional groups attached to an aromatic ring is 1. The van der Waals surface area contributed by atoms with Crippen LogP contribution in [0.3, 0.4) is 0 Å². The zero-order chi connectivity index (χ0) is 10.0. The molecule has 0 unspecified atom stereocenters. The highest BCUT2D eigenvalue weighted by atomic mass is 16.2. The molecule has 0 aliphatic carbocycles. The number of pyridine rings is 1. The van der Waals surface area contributed by atoms with E-state index in [1.54, 1.807) is 0 Å². The third-order valence-electron chi connectivity index (χ3n) is 1.49. The van der Waals surface area contributed by atoms with Gasteiger partial charge in [-0.2, -0.15) is 0 Å². The minimum absolute atomic E-state index is 0.0139. The minimum Gasteiger partial charge on any atom is -0.383 e. The highest BCUT2D eigenvalue weighted by Crippen LogP contribution is 2.12. The van der Waals surface area contributed by atoms with E-state index in [1.807, 2.05) is 0 Å². The molecule has 0 bridgehead atoms. The lowest BCUT2D eigenvalue weighted by atomic mass is 10.1. The predicted molar refractivity (Wildman–Crippen MR) is 45.7 cm³/mol. The van der Waals surface area contributed by atoms with Gasteiger partial charge in [-0.15, -0.1) is 0 Å². The number of amides is 2. The van der Waals surface area contributed by atoms with Gasteiger partial charge in [-0.05, 0) is 6.07 Å². The Morgan fingerprint density at radius 3 is 2.23 bits per heavy atom. The second-order valence-electron chi connectivity index (χ2n) is 2.35. The molecule has 1 heterocycles. The Morgan fingerprint density at radius 1 is 1.23 bits per heavy atom. The van der Waals surface area contributed by atoms with Crippen molar-refractivity contribution in [2.45, 2.75) is 0 Å². The van der Waals surface area contributed by atoms with Gasteiger partial charge in [0.25, 0.3) is 5.91 Å². The Balaban J connectivity index is 3.43. The van der Waals surface area contributed by atoms with Crippen LogP contribution < -0.4 is 17.2 Å². The molecule has 6 N–H and O–H groups in total. The van der Waals surface area contributed by atoms with E-state index in [4.69, 9.17) is 17.2 Å². The number of carbonyl (C=O) groups excluding carboxylic acids is 2. The summed E-state index contributed by atoms with van der Waals surface area (Å²) in [5, 5.41) is 0. The fourth-order valence-electron chi connectivity index (χ4n) is 0.942. The van der Waals surface area contributed by atoms with Crippen molar-refractivity contribution < 1.29 is 9.59 Å². The lowest BCUT2D eigenvalue weighted by Gasteiger charge is -2.04. The fraction of sp³-hybridized carbons (Fsp3) is 0. The van der Waals surface area contributed by atoms with E-state index in [1.165, 1.54) is 12.3 Å². The van der Waals surface area contributed by atoms with E-state index < -0.39 is 11.8 Å². The first-order chi connectivity index (χ1) is 6.04. The molecule has 0 radical (unpaired) electrons. The van der Waals surface area contributed by atoms with E-state index in [0.717, 1.165) is 0 Å².